The number of fused-ring (bicyclic) bond motifs is 5. The molecule has 0 spiro atoms. The van der Waals surface area contributed by atoms with Crippen molar-refractivity contribution in [1.29, 1.82) is 0 Å². The summed E-state index contributed by atoms with van der Waals surface area (Å²) in [5.41, 5.74) is 7.15. The van der Waals surface area contributed by atoms with Crippen LogP contribution >= 0.6 is 24.2 Å². The summed E-state index contributed by atoms with van der Waals surface area (Å²) in [4.78, 5) is 0. The average molecular weight is 528 g/mol. The van der Waals surface area contributed by atoms with Gasteiger partial charge in [-0.1, -0.05) is 103 Å². The van der Waals surface area contributed by atoms with Gasteiger partial charge in [-0.25, -0.2) is 0 Å². The predicted molar refractivity (Wildman–Crippen MR) is 169 cm³/mol. The Kier molecular flexibility index (Phi) is 6.84. The van der Waals surface area contributed by atoms with Crippen molar-refractivity contribution in [2.45, 2.75) is 0 Å². The normalized spacial score (nSPS) is 10.9. The first kappa shape index (κ1) is 24.3. The third kappa shape index (κ3) is 4.54. The highest BCUT2D eigenvalue weighted by atomic mass is 32.1. The second-order valence-electron chi connectivity index (χ2n) is 9.09. The van der Waals surface area contributed by atoms with Crippen molar-refractivity contribution >= 4 is 66.6 Å². The molecular weight excluding hydrogens is 503 g/mol. The van der Waals surface area contributed by atoms with Crippen LogP contribution in [0.2, 0.25) is 0 Å². The highest BCUT2D eigenvalue weighted by molar-refractivity contribution is 7.74. The van der Waals surface area contributed by atoms with Gasteiger partial charge in [0, 0.05) is 31.5 Å². The van der Waals surface area contributed by atoms with E-state index in [2.05, 4.69) is 146 Å². The molecule has 6 aromatic carbocycles. The van der Waals surface area contributed by atoms with Crippen molar-refractivity contribution < 1.29 is 4.55 Å². The van der Waals surface area contributed by atoms with E-state index in [-0.39, 0.29) is 0 Å². The monoisotopic (exact) mass is 527 g/mol. The van der Waals surface area contributed by atoms with Gasteiger partial charge < -0.3 is 9.87 Å². The van der Waals surface area contributed by atoms with Crippen LogP contribution in [0.5, 0.6) is 0 Å². The van der Waals surface area contributed by atoms with Crippen LogP contribution in [0.15, 0.2) is 133 Å². The summed E-state index contributed by atoms with van der Waals surface area (Å²) in [6, 6.07) is 47.7. The predicted octanol–water partition coefficient (Wildman–Crippen LogP) is 10.7. The maximum atomic E-state index is 6.69. The van der Waals surface area contributed by atoms with E-state index in [0.29, 0.717) is 0 Å². The minimum Gasteiger partial charge on any atom is -0.356 e. The van der Waals surface area contributed by atoms with Crippen LogP contribution in [-0.2, 0) is 0 Å². The van der Waals surface area contributed by atoms with E-state index >= 15 is 0 Å². The Labute approximate surface area is 231 Å². The minimum absolute atomic E-state index is 1.08. The molecule has 2 N–H and O–H groups in total. The molecule has 7 aromatic rings. The molecule has 7 rings (SSSR count). The lowest BCUT2D eigenvalue weighted by molar-refractivity contribution is 0.679. The van der Waals surface area contributed by atoms with Gasteiger partial charge in [0.1, 0.15) is 0 Å². The van der Waals surface area contributed by atoms with Crippen LogP contribution in [0.4, 0.5) is 11.4 Å². The van der Waals surface area contributed by atoms with Crippen molar-refractivity contribution in [2.24, 2.45) is 0 Å². The smallest absolute Gasteiger partial charge is 0.0434 e. The summed E-state index contributed by atoms with van der Waals surface area (Å²) in [6.07, 6.45) is 0. The highest BCUT2D eigenvalue weighted by Crippen LogP contribution is 2.42. The molecule has 0 aliphatic heterocycles. The van der Waals surface area contributed by atoms with E-state index in [0.717, 1.165) is 11.4 Å². The van der Waals surface area contributed by atoms with Gasteiger partial charge >= 0.3 is 0 Å². The zero-order valence-electron chi connectivity index (χ0n) is 20.5. The molecule has 0 amide bonds. The number of hydrogen-bond acceptors (Lipinski definition) is 4. The number of hydrogen-bond donors (Lipinski definition) is 3. The van der Waals surface area contributed by atoms with Gasteiger partial charge in [0.25, 0.3) is 0 Å². The van der Waals surface area contributed by atoms with Gasteiger partial charge in [-0.15, -0.1) is 11.3 Å². The molecule has 0 aliphatic rings. The van der Waals surface area contributed by atoms with Crippen LogP contribution in [0.25, 0.3) is 53.2 Å². The number of thiophene rings is 1. The summed E-state index contributed by atoms with van der Waals surface area (Å²) in [5.74, 6) is 0. The summed E-state index contributed by atoms with van der Waals surface area (Å²) < 4.78 is 9.38. The van der Waals surface area contributed by atoms with Crippen molar-refractivity contribution in [1.82, 2.24) is 0 Å². The molecule has 1 aromatic heterocycles. The molecular formula is C34H25NOS2. The average Bonchev–Trinajstić information content (AvgIpc) is 3.39. The Morgan fingerprint density at radius 3 is 1.84 bits per heavy atom. The highest BCUT2D eigenvalue weighted by Gasteiger charge is 2.12. The molecule has 0 saturated heterocycles. The number of benzene rings is 6. The standard InChI is InChI=1S/C34H23NS.H2OS/c1-2-7-23(8-3-1)24-13-18-27(19-14-24)35-28-20-15-26(16-21-28)30-11-6-12-31-33-29-10-5-4-9-25(29)17-22-32(33)36-34(30)31;1-2/h1-22,35H;1-2H. The summed E-state index contributed by atoms with van der Waals surface area (Å²) in [6.45, 7) is 0. The zero-order chi connectivity index (χ0) is 25.9. The number of nitrogens with one attached hydrogen (secondary N) is 1. The van der Waals surface area contributed by atoms with E-state index in [1.807, 2.05) is 17.4 Å². The first-order chi connectivity index (χ1) is 18.8. The lowest BCUT2D eigenvalue weighted by Crippen LogP contribution is -1.90. The van der Waals surface area contributed by atoms with Crippen molar-refractivity contribution in [3.63, 3.8) is 0 Å². The molecule has 1 heterocycles. The number of thiol groups is 1. The van der Waals surface area contributed by atoms with Crippen LogP contribution in [0.3, 0.4) is 0 Å². The molecule has 0 aliphatic carbocycles. The molecule has 0 unspecified atom stereocenters. The lowest BCUT2D eigenvalue weighted by atomic mass is 10.00. The van der Waals surface area contributed by atoms with Crippen molar-refractivity contribution in [3.05, 3.63) is 133 Å². The third-order valence-corrected chi connectivity index (χ3v) is 8.07. The second kappa shape index (κ2) is 10.7. The van der Waals surface area contributed by atoms with E-state index in [4.69, 9.17) is 4.55 Å². The Morgan fingerprint density at radius 1 is 0.500 bits per heavy atom. The number of rotatable bonds is 4. The maximum Gasteiger partial charge on any atom is 0.0434 e. The molecule has 2 nitrogen and oxygen atoms in total. The van der Waals surface area contributed by atoms with Crippen molar-refractivity contribution in [3.8, 4) is 22.3 Å². The van der Waals surface area contributed by atoms with E-state index in [9.17, 15) is 0 Å². The zero-order valence-corrected chi connectivity index (χ0v) is 22.2. The Morgan fingerprint density at radius 2 is 1.11 bits per heavy atom. The summed E-state index contributed by atoms with van der Waals surface area (Å²) in [7, 11) is 0. The van der Waals surface area contributed by atoms with Crippen LogP contribution < -0.4 is 5.32 Å². The van der Waals surface area contributed by atoms with Gasteiger partial charge in [0.2, 0.25) is 0 Å². The van der Waals surface area contributed by atoms with Crippen LogP contribution in [0.1, 0.15) is 0 Å². The fraction of sp³-hybridized carbons (Fsp3) is 0. The van der Waals surface area contributed by atoms with E-state index in [1.165, 1.54) is 53.2 Å². The Bertz CT molecular complexity index is 1840. The topological polar surface area (TPSA) is 32.3 Å². The van der Waals surface area contributed by atoms with Crippen LogP contribution in [-0.4, -0.2) is 4.55 Å². The lowest BCUT2D eigenvalue weighted by Gasteiger charge is -2.10. The largest absolute Gasteiger partial charge is 0.356 e. The molecule has 0 atom stereocenters. The molecule has 0 radical (unpaired) electrons. The van der Waals surface area contributed by atoms with Gasteiger partial charge in [0.15, 0.2) is 0 Å². The maximum absolute atomic E-state index is 6.69. The Balaban J connectivity index is 0.00000129. The van der Waals surface area contributed by atoms with Gasteiger partial charge in [-0.05, 0) is 76.3 Å². The molecule has 0 fully saturated rings. The fourth-order valence-corrected chi connectivity index (χ4v) is 6.33. The summed E-state index contributed by atoms with van der Waals surface area (Å²) in [5, 5.41) is 8.87. The van der Waals surface area contributed by atoms with Gasteiger partial charge in [0.05, 0.1) is 0 Å². The first-order valence-electron chi connectivity index (χ1n) is 12.4. The molecule has 4 heteroatoms. The Hall–Kier alpha value is -4.09. The molecule has 38 heavy (non-hydrogen) atoms. The van der Waals surface area contributed by atoms with Gasteiger partial charge in [-0.2, -0.15) is 0 Å². The van der Waals surface area contributed by atoms with Crippen molar-refractivity contribution in [2.75, 3.05) is 5.32 Å². The van der Waals surface area contributed by atoms with Gasteiger partial charge in [-0.3, -0.25) is 0 Å². The first-order valence-corrected chi connectivity index (χ1v) is 13.6. The van der Waals surface area contributed by atoms with Crippen LogP contribution in [0, 0.1) is 0 Å². The SMILES string of the molecule is OS.c1ccc(-c2ccc(Nc3ccc(-c4cccc5c4sc4ccc6ccccc6c45)cc3)cc2)cc1. The van der Waals surface area contributed by atoms with E-state index in [1.54, 1.807) is 0 Å². The molecule has 0 saturated carbocycles. The number of anilines is 2. The minimum atomic E-state index is 1.08. The quantitative estimate of drug-likeness (QED) is 0.157. The molecule has 0 bridgehead atoms. The summed E-state index contributed by atoms with van der Waals surface area (Å²) >= 11 is 4.42. The third-order valence-electron chi connectivity index (χ3n) is 6.86. The second-order valence-corrected chi connectivity index (χ2v) is 10.1. The molecule has 184 valence electrons. The van der Waals surface area contributed by atoms with E-state index < -0.39 is 0 Å². The fourth-order valence-electron chi connectivity index (χ4n) is 5.07.